The normalized spacial score (nSPS) is 12.2. The fourth-order valence-electron chi connectivity index (χ4n) is 1.38. The number of halogens is 1. The molecule has 1 atom stereocenters. The van der Waals surface area contributed by atoms with Gasteiger partial charge in [-0.25, -0.2) is 0 Å². The van der Waals surface area contributed by atoms with E-state index >= 15 is 0 Å². The molecule has 2 N–H and O–H groups in total. The van der Waals surface area contributed by atoms with Crippen LogP contribution in [0.25, 0.3) is 0 Å². The average Bonchev–Trinajstić information content (AvgIpc) is 2.25. The number of hydrogen-bond acceptors (Lipinski definition) is 3. The summed E-state index contributed by atoms with van der Waals surface area (Å²) in [7, 11) is 1.37. The lowest BCUT2D eigenvalue weighted by Crippen LogP contribution is -2.17. The first-order valence-electron chi connectivity index (χ1n) is 4.69. The summed E-state index contributed by atoms with van der Waals surface area (Å²) < 4.78 is 4.61. The second-order valence-corrected chi connectivity index (χ2v) is 3.70. The maximum absolute atomic E-state index is 11.1. The lowest BCUT2D eigenvalue weighted by molar-refractivity contribution is -0.141. The molecule has 0 spiro atoms. The second kappa shape index (κ2) is 5.73. The zero-order chi connectivity index (χ0) is 11.3. The van der Waals surface area contributed by atoms with E-state index in [4.69, 9.17) is 17.3 Å². The lowest BCUT2D eigenvalue weighted by atomic mass is 9.96. The van der Waals surface area contributed by atoms with Crippen LogP contribution in [0, 0.1) is 0 Å². The topological polar surface area (TPSA) is 52.3 Å². The third-order valence-electron chi connectivity index (χ3n) is 2.25. The van der Waals surface area contributed by atoms with Crippen molar-refractivity contribution in [3.63, 3.8) is 0 Å². The molecule has 0 heterocycles. The fraction of sp³-hybridized carbons (Fsp3) is 0.364. The van der Waals surface area contributed by atoms with Gasteiger partial charge in [0.25, 0.3) is 0 Å². The van der Waals surface area contributed by atoms with Crippen molar-refractivity contribution in [2.45, 2.75) is 12.3 Å². The van der Waals surface area contributed by atoms with Crippen LogP contribution >= 0.6 is 11.6 Å². The summed E-state index contributed by atoms with van der Waals surface area (Å²) in [6, 6.07) is 7.36. The van der Waals surface area contributed by atoms with Crippen LogP contribution in [0.4, 0.5) is 0 Å². The van der Waals surface area contributed by atoms with Gasteiger partial charge in [-0.2, -0.15) is 0 Å². The third kappa shape index (κ3) is 3.53. The molecule has 82 valence electrons. The minimum absolute atomic E-state index is 0.0313. The minimum Gasteiger partial charge on any atom is -0.469 e. The van der Waals surface area contributed by atoms with Crippen LogP contribution in [0.2, 0.25) is 5.02 Å². The van der Waals surface area contributed by atoms with E-state index in [1.807, 2.05) is 18.2 Å². The first-order valence-corrected chi connectivity index (χ1v) is 5.07. The Balaban J connectivity index is 2.78. The van der Waals surface area contributed by atoms with Crippen LogP contribution in [0.5, 0.6) is 0 Å². The highest BCUT2D eigenvalue weighted by molar-refractivity contribution is 6.30. The molecule has 0 aliphatic heterocycles. The zero-order valence-corrected chi connectivity index (χ0v) is 9.33. The monoisotopic (exact) mass is 227 g/mol. The molecular weight excluding hydrogens is 214 g/mol. The summed E-state index contributed by atoms with van der Waals surface area (Å²) in [5.74, 6) is -0.290. The van der Waals surface area contributed by atoms with Crippen molar-refractivity contribution >= 4 is 17.6 Å². The first kappa shape index (κ1) is 12.0. The molecule has 1 aromatic rings. The molecule has 0 aromatic heterocycles. The van der Waals surface area contributed by atoms with Crippen molar-refractivity contribution in [2.75, 3.05) is 13.7 Å². The molecule has 1 rings (SSSR count). The van der Waals surface area contributed by atoms with Crippen LogP contribution < -0.4 is 5.73 Å². The molecule has 15 heavy (non-hydrogen) atoms. The summed E-state index contributed by atoms with van der Waals surface area (Å²) in [6.07, 6.45) is 0.285. The van der Waals surface area contributed by atoms with Gasteiger partial charge in [0, 0.05) is 10.9 Å². The van der Waals surface area contributed by atoms with E-state index in [-0.39, 0.29) is 18.3 Å². The number of methoxy groups -OCH3 is 1. The van der Waals surface area contributed by atoms with Gasteiger partial charge in [-0.05, 0) is 24.2 Å². The molecule has 1 aromatic carbocycles. The highest BCUT2D eigenvalue weighted by atomic mass is 35.5. The molecule has 0 bridgehead atoms. The van der Waals surface area contributed by atoms with E-state index in [1.54, 1.807) is 6.07 Å². The average molecular weight is 228 g/mol. The fourth-order valence-corrected chi connectivity index (χ4v) is 1.58. The van der Waals surface area contributed by atoms with Gasteiger partial charge in [-0.1, -0.05) is 23.7 Å². The number of esters is 1. The summed E-state index contributed by atoms with van der Waals surface area (Å²) in [6.45, 7) is 0.398. The quantitative estimate of drug-likeness (QED) is 0.800. The number of hydrogen-bond donors (Lipinski definition) is 1. The Morgan fingerprint density at radius 3 is 2.87 bits per heavy atom. The number of benzene rings is 1. The van der Waals surface area contributed by atoms with Gasteiger partial charge in [0.2, 0.25) is 0 Å². The number of nitrogens with two attached hydrogens (primary N) is 1. The lowest BCUT2D eigenvalue weighted by Gasteiger charge is -2.13. The molecule has 0 aliphatic rings. The number of carbonyl (C=O) groups is 1. The van der Waals surface area contributed by atoms with Crippen LogP contribution in [-0.4, -0.2) is 19.6 Å². The van der Waals surface area contributed by atoms with Crippen molar-refractivity contribution in [1.82, 2.24) is 0 Å². The van der Waals surface area contributed by atoms with E-state index in [1.165, 1.54) is 7.11 Å². The van der Waals surface area contributed by atoms with Crippen LogP contribution in [0.15, 0.2) is 24.3 Å². The van der Waals surface area contributed by atoms with Gasteiger partial charge in [-0.3, -0.25) is 4.79 Å². The van der Waals surface area contributed by atoms with E-state index < -0.39 is 0 Å². The molecular formula is C11H14ClNO2. The molecule has 0 saturated heterocycles. The van der Waals surface area contributed by atoms with Crippen molar-refractivity contribution in [1.29, 1.82) is 0 Å². The van der Waals surface area contributed by atoms with Crippen molar-refractivity contribution in [3.05, 3.63) is 34.9 Å². The van der Waals surface area contributed by atoms with E-state index in [0.717, 1.165) is 5.56 Å². The van der Waals surface area contributed by atoms with Crippen molar-refractivity contribution < 1.29 is 9.53 Å². The number of rotatable bonds is 4. The Hall–Kier alpha value is -1.06. The molecule has 4 heteroatoms. The SMILES string of the molecule is COC(=O)CC(CN)c1cccc(Cl)c1. The predicted molar refractivity (Wildman–Crippen MR) is 59.9 cm³/mol. The third-order valence-corrected chi connectivity index (χ3v) is 2.48. The molecule has 0 saturated carbocycles. The van der Waals surface area contributed by atoms with Gasteiger partial charge in [0.1, 0.15) is 0 Å². The van der Waals surface area contributed by atoms with E-state index in [2.05, 4.69) is 4.74 Å². The number of ether oxygens (including phenoxy) is 1. The summed E-state index contributed by atoms with van der Waals surface area (Å²) >= 11 is 5.86. The van der Waals surface area contributed by atoms with Gasteiger partial charge < -0.3 is 10.5 Å². The standard InChI is InChI=1S/C11H14ClNO2/c1-15-11(14)6-9(7-13)8-3-2-4-10(12)5-8/h2-5,9H,6-7,13H2,1H3. The molecule has 3 nitrogen and oxygen atoms in total. The molecule has 1 unspecified atom stereocenters. The molecule has 0 amide bonds. The van der Waals surface area contributed by atoms with Crippen molar-refractivity contribution in [2.24, 2.45) is 5.73 Å². The Labute approximate surface area is 94.2 Å². The Morgan fingerprint density at radius 1 is 1.60 bits per heavy atom. The largest absolute Gasteiger partial charge is 0.469 e. The Morgan fingerprint density at radius 2 is 2.33 bits per heavy atom. The van der Waals surface area contributed by atoms with E-state index in [9.17, 15) is 4.79 Å². The highest BCUT2D eigenvalue weighted by Gasteiger charge is 2.14. The molecule has 0 fully saturated rings. The summed E-state index contributed by atoms with van der Waals surface area (Å²) in [5.41, 5.74) is 6.57. The Kier molecular flexibility index (Phi) is 4.59. The summed E-state index contributed by atoms with van der Waals surface area (Å²) in [4.78, 5) is 11.1. The van der Waals surface area contributed by atoms with Crippen LogP contribution in [-0.2, 0) is 9.53 Å². The number of carbonyl (C=O) groups excluding carboxylic acids is 1. The molecule has 0 aliphatic carbocycles. The maximum atomic E-state index is 11.1. The smallest absolute Gasteiger partial charge is 0.306 e. The van der Waals surface area contributed by atoms with Gasteiger partial charge >= 0.3 is 5.97 Å². The maximum Gasteiger partial charge on any atom is 0.306 e. The minimum atomic E-state index is -0.259. The van der Waals surface area contributed by atoms with Gasteiger partial charge in [0.05, 0.1) is 13.5 Å². The highest BCUT2D eigenvalue weighted by Crippen LogP contribution is 2.21. The predicted octanol–water partition coefficient (Wildman–Crippen LogP) is 1.95. The van der Waals surface area contributed by atoms with E-state index in [0.29, 0.717) is 11.6 Å². The first-order chi connectivity index (χ1) is 7.17. The summed E-state index contributed by atoms with van der Waals surface area (Å²) in [5, 5.41) is 0.649. The zero-order valence-electron chi connectivity index (χ0n) is 8.57. The van der Waals surface area contributed by atoms with Crippen LogP contribution in [0.1, 0.15) is 17.9 Å². The second-order valence-electron chi connectivity index (χ2n) is 3.27. The van der Waals surface area contributed by atoms with Crippen LogP contribution in [0.3, 0.4) is 0 Å². The van der Waals surface area contributed by atoms with Crippen molar-refractivity contribution in [3.8, 4) is 0 Å². The molecule has 0 radical (unpaired) electrons. The van der Waals surface area contributed by atoms with Gasteiger partial charge in [-0.15, -0.1) is 0 Å². The Bertz CT molecular complexity index is 341. The van der Waals surface area contributed by atoms with Gasteiger partial charge in [0.15, 0.2) is 0 Å².